The van der Waals surface area contributed by atoms with Gasteiger partial charge in [-0.2, -0.15) is 0 Å². The number of benzene rings is 1. The van der Waals surface area contributed by atoms with Crippen molar-refractivity contribution in [2.45, 2.75) is 6.54 Å². The molecular formula is C13H11BrFN3O2. The van der Waals surface area contributed by atoms with Gasteiger partial charge in [-0.3, -0.25) is 15.0 Å². The maximum atomic E-state index is 13.8. The van der Waals surface area contributed by atoms with E-state index in [1.54, 1.807) is 18.3 Å². The Hall–Kier alpha value is -1.99. The van der Waals surface area contributed by atoms with Gasteiger partial charge in [0.25, 0.3) is 11.5 Å². The van der Waals surface area contributed by atoms with Gasteiger partial charge in [-0.1, -0.05) is 0 Å². The number of rotatable bonds is 3. The number of nitrogens with zero attached hydrogens (tertiary/aromatic N) is 1. The molecule has 1 aromatic carbocycles. The predicted octanol–water partition coefficient (Wildman–Crippen LogP) is 1.40. The van der Waals surface area contributed by atoms with Crippen LogP contribution in [-0.2, 0) is 6.54 Å². The van der Waals surface area contributed by atoms with Crippen LogP contribution in [-0.4, -0.2) is 10.5 Å². The number of halogens is 2. The van der Waals surface area contributed by atoms with Gasteiger partial charge in [-0.15, -0.1) is 0 Å². The SMILES string of the molecule is NNC(=O)c1ccc(F)c(Cn2cccc(Br)c2=O)c1. The lowest BCUT2D eigenvalue weighted by Gasteiger charge is -2.09. The summed E-state index contributed by atoms with van der Waals surface area (Å²) in [5.74, 6) is 4.02. The molecule has 0 bridgehead atoms. The monoisotopic (exact) mass is 339 g/mol. The second kappa shape index (κ2) is 5.98. The van der Waals surface area contributed by atoms with Crippen molar-refractivity contribution in [1.29, 1.82) is 0 Å². The van der Waals surface area contributed by atoms with Crippen LogP contribution in [0.5, 0.6) is 0 Å². The summed E-state index contributed by atoms with van der Waals surface area (Å²) in [6.45, 7) is 0.0236. The highest BCUT2D eigenvalue weighted by molar-refractivity contribution is 9.10. The molecule has 0 spiro atoms. The third kappa shape index (κ3) is 2.94. The Bertz CT molecular complexity index is 715. The Labute approximate surface area is 122 Å². The van der Waals surface area contributed by atoms with Gasteiger partial charge in [-0.05, 0) is 46.3 Å². The smallest absolute Gasteiger partial charge is 0.265 e. The van der Waals surface area contributed by atoms with Crippen molar-refractivity contribution in [2.24, 2.45) is 5.84 Å². The fourth-order valence-electron chi connectivity index (χ4n) is 1.74. The standard InChI is InChI=1S/C13H11BrFN3O2/c14-10-2-1-5-18(13(10)20)7-9-6-8(12(19)17-16)3-4-11(9)15/h1-6H,7,16H2,(H,17,19). The number of nitrogen functional groups attached to an aromatic ring is 1. The zero-order valence-corrected chi connectivity index (χ0v) is 11.9. The largest absolute Gasteiger partial charge is 0.310 e. The maximum absolute atomic E-state index is 13.8. The Morgan fingerprint density at radius 1 is 1.40 bits per heavy atom. The topological polar surface area (TPSA) is 77.1 Å². The van der Waals surface area contributed by atoms with Crippen molar-refractivity contribution in [3.8, 4) is 0 Å². The number of nitrogens with two attached hydrogens (primary N) is 1. The predicted molar refractivity (Wildman–Crippen MR) is 75.6 cm³/mol. The Morgan fingerprint density at radius 2 is 2.15 bits per heavy atom. The lowest BCUT2D eigenvalue weighted by atomic mass is 10.1. The molecule has 0 aliphatic carbocycles. The molecule has 0 aliphatic heterocycles. The molecule has 0 fully saturated rings. The molecule has 7 heteroatoms. The van der Waals surface area contributed by atoms with Crippen molar-refractivity contribution < 1.29 is 9.18 Å². The first-order chi connectivity index (χ1) is 9.52. The second-order valence-corrected chi connectivity index (χ2v) is 4.92. The summed E-state index contributed by atoms with van der Waals surface area (Å²) in [5.41, 5.74) is 2.15. The van der Waals surface area contributed by atoms with Crippen LogP contribution in [0.25, 0.3) is 0 Å². The summed E-state index contributed by atoms with van der Waals surface area (Å²) in [6, 6.07) is 7.13. The van der Waals surface area contributed by atoms with E-state index in [1.807, 2.05) is 5.43 Å². The van der Waals surface area contributed by atoms with Crippen molar-refractivity contribution >= 4 is 21.8 Å². The zero-order chi connectivity index (χ0) is 14.7. The van der Waals surface area contributed by atoms with Crippen LogP contribution in [0.1, 0.15) is 15.9 Å². The first kappa shape index (κ1) is 14.4. The highest BCUT2D eigenvalue weighted by atomic mass is 79.9. The van der Waals surface area contributed by atoms with Crippen molar-refractivity contribution in [3.63, 3.8) is 0 Å². The van der Waals surface area contributed by atoms with Gasteiger partial charge in [0.1, 0.15) is 5.82 Å². The molecule has 20 heavy (non-hydrogen) atoms. The summed E-state index contributed by atoms with van der Waals surface area (Å²) in [7, 11) is 0. The fraction of sp³-hybridized carbons (Fsp3) is 0.0769. The summed E-state index contributed by atoms with van der Waals surface area (Å²) in [6.07, 6.45) is 1.54. The summed E-state index contributed by atoms with van der Waals surface area (Å²) in [4.78, 5) is 23.3. The minimum Gasteiger partial charge on any atom is -0.310 e. The van der Waals surface area contributed by atoms with Crippen LogP contribution in [0, 0.1) is 5.82 Å². The molecule has 1 amide bonds. The number of aromatic nitrogens is 1. The van der Waals surface area contributed by atoms with E-state index >= 15 is 0 Å². The van der Waals surface area contributed by atoms with Crippen LogP contribution >= 0.6 is 15.9 Å². The number of hydrazine groups is 1. The average molecular weight is 340 g/mol. The Morgan fingerprint density at radius 3 is 2.85 bits per heavy atom. The summed E-state index contributed by atoms with van der Waals surface area (Å²) < 4.78 is 15.5. The molecule has 2 rings (SSSR count). The number of pyridine rings is 1. The Balaban J connectivity index is 2.40. The van der Waals surface area contributed by atoms with Crippen LogP contribution in [0.15, 0.2) is 45.8 Å². The van der Waals surface area contributed by atoms with Crippen LogP contribution in [0.2, 0.25) is 0 Å². The molecular weight excluding hydrogens is 329 g/mol. The molecule has 0 atom stereocenters. The van der Waals surface area contributed by atoms with Crippen molar-refractivity contribution in [1.82, 2.24) is 9.99 Å². The van der Waals surface area contributed by atoms with E-state index in [0.29, 0.717) is 4.47 Å². The van der Waals surface area contributed by atoms with Gasteiger partial charge < -0.3 is 4.57 Å². The van der Waals surface area contributed by atoms with Crippen molar-refractivity contribution in [2.75, 3.05) is 0 Å². The number of amides is 1. The van der Waals surface area contributed by atoms with E-state index in [0.717, 1.165) is 0 Å². The molecule has 104 valence electrons. The molecule has 3 N–H and O–H groups in total. The minimum absolute atomic E-state index is 0.0236. The highest BCUT2D eigenvalue weighted by Crippen LogP contribution is 2.12. The van der Waals surface area contributed by atoms with Crippen molar-refractivity contribution in [3.05, 3.63) is 68.3 Å². The number of carbonyl (C=O) groups is 1. The molecule has 0 saturated heterocycles. The average Bonchev–Trinajstić information content (AvgIpc) is 2.45. The van der Waals surface area contributed by atoms with Crippen LogP contribution < -0.4 is 16.8 Å². The highest BCUT2D eigenvalue weighted by Gasteiger charge is 2.10. The molecule has 2 aromatic rings. The Kier molecular flexibility index (Phi) is 4.31. The molecule has 1 heterocycles. The van der Waals surface area contributed by atoms with Gasteiger partial charge in [0.05, 0.1) is 11.0 Å². The molecule has 0 radical (unpaired) electrons. The van der Waals surface area contributed by atoms with E-state index in [-0.39, 0.29) is 23.2 Å². The minimum atomic E-state index is -0.521. The lowest BCUT2D eigenvalue weighted by molar-refractivity contribution is 0.0953. The van der Waals surface area contributed by atoms with E-state index in [2.05, 4.69) is 15.9 Å². The van der Waals surface area contributed by atoms with E-state index in [1.165, 1.54) is 22.8 Å². The molecule has 0 unspecified atom stereocenters. The van der Waals surface area contributed by atoms with Crippen LogP contribution in [0.3, 0.4) is 0 Å². The number of nitrogens with one attached hydrogen (secondary N) is 1. The van der Waals surface area contributed by atoms with Gasteiger partial charge in [0.15, 0.2) is 0 Å². The third-order valence-electron chi connectivity index (χ3n) is 2.75. The number of carbonyl (C=O) groups excluding carboxylic acids is 1. The van der Waals surface area contributed by atoms with Gasteiger partial charge in [0, 0.05) is 17.3 Å². The van der Waals surface area contributed by atoms with E-state index < -0.39 is 11.7 Å². The molecule has 0 aliphatic rings. The summed E-state index contributed by atoms with van der Waals surface area (Å²) >= 11 is 3.12. The lowest BCUT2D eigenvalue weighted by Crippen LogP contribution is -2.30. The van der Waals surface area contributed by atoms with Gasteiger partial charge >= 0.3 is 0 Å². The molecule has 1 aromatic heterocycles. The quantitative estimate of drug-likeness (QED) is 0.504. The molecule has 0 saturated carbocycles. The third-order valence-corrected chi connectivity index (χ3v) is 3.36. The first-order valence-corrected chi connectivity index (χ1v) is 6.46. The first-order valence-electron chi connectivity index (χ1n) is 5.67. The number of hydrogen-bond donors (Lipinski definition) is 2. The van der Waals surface area contributed by atoms with E-state index in [9.17, 15) is 14.0 Å². The van der Waals surface area contributed by atoms with Crippen LogP contribution in [0.4, 0.5) is 4.39 Å². The molecule has 5 nitrogen and oxygen atoms in total. The zero-order valence-electron chi connectivity index (χ0n) is 10.3. The van der Waals surface area contributed by atoms with Gasteiger partial charge in [-0.25, -0.2) is 10.2 Å². The van der Waals surface area contributed by atoms with Gasteiger partial charge in [0.2, 0.25) is 0 Å². The normalized spacial score (nSPS) is 10.3. The maximum Gasteiger partial charge on any atom is 0.265 e. The second-order valence-electron chi connectivity index (χ2n) is 4.07. The number of hydrogen-bond acceptors (Lipinski definition) is 3. The summed E-state index contributed by atoms with van der Waals surface area (Å²) in [5, 5.41) is 0. The van der Waals surface area contributed by atoms with E-state index in [4.69, 9.17) is 5.84 Å². The fourth-order valence-corrected chi connectivity index (χ4v) is 2.12.